The topological polar surface area (TPSA) is 75.6 Å². The van der Waals surface area contributed by atoms with Crippen molar-refractivity contribution in [3.05, 3.63) is 0 Å². The lowest BCUT2D eigenvalue weighted by atomic mass is 10.2. The van der Waals surface area contributed by atoms with Crippen LogP contribution in [0.2, 0.25) is 0 Å². The smallest absolute Gasteiger partial charge is 0.475 e. The Labute approximate surface area is 95.9 Å². The van der Waals surface area contributed by atoms with Crippen LogP contribution in [-0.2, 0) is 14.3 Å². The number of carboxylic acids is 1. The number of carbonyl (C=O) groups excluding carboxylic acids is 1. The molecular formula is C9H14F3NO4. The zero-order valence-electron chi connectivity index (χ0n) is 9.21. The Morgan fingerprint density at radius 3 is 2.29 bits per heavy atom. The van der Waals surface area contributed by atoms with E-state index in [1.54, 1.807) is 0 Å². The second-order valence-corrected chi connectivity index (χ2v) is 3.20. The van der Waals surface area contributed by atoms with Gasteiger partial charge < -0.3 is 15.2 Å². The molecule has 1 saturated heterocycles. The molecule has 1 fully saturated rings. The predicted molar refractivity (Wildman–Crippen MR) is 51.3 cm³/mol. The van der Waals surface area contributed by atoms with E-state index in [1.165, 1.54) is 0 Å². The van der Waals surface area contributed by atoms with Gasteiger partial charge in [0.25, 0.3) is 0 Å². The Hall–Kier alpha value is -1.31. The summed E-state index contributed by atoms with van der Waals surface area (Å²) in [5, 5.41) is 10.2. The van der Waals surface area contributed by atoms with Gasteiger partial charge in [-0.2, -0.15) is 13.2 Å². The van der Waals surface area contributed by atoms with Crippen molar-refractivity contribution in [2.24, 2.45) is 0 Å². The van der Waals surface area contributed by atoms with Gasteiger partial charge in [-0.15, -0.1) is 0 Å². The van der Waals surface area contributed by atoms with Gasteiger partial charge >= 0.3 is 18.1 Å². The van der Waals surface area contributed by atoms with Crippen molar-refractivity contribution in [2.75, 3.05) is 13.2 Å². The van der Waals surface area contributed by atoms with E-state index in [4.69, 9.17) is 14.6 Å². The number of nitrogens with one attached hydrogen (secondary N) is 1. The number of ether oxygens (including phenoxy) is 1. The molecule has 0 bridgehead atoms. The van der Waals surface area contributed by atoms with Crippen LogP contribution in [0.1, 0.15) is 19.8 Å². The first-order valence-corrected chi connectivity index (χ1v) is 4.99. The maximum absolute atomic E-state index is 11.0. The fraction of sp³-hybridized carbons (Fsp3) is 0.778. The van der Waals surface area contributed by atoms with E-state index in [0.717, 1.165) is 19.4 Å². The minimum absolute atomic E-state index is 0.0278. The molecule has 0 spiro atoms. The first-order valence-electron chi connectivity index (χ1n) is 4.99. The molecule has 0 unspecified atom stereocenters. The zero-order chi connectivity index (χ0) is 13.5. The van der Waals surface area contributed by atoms with Crippen molar-refractivity contribution >= 4 is 11.9 Å². The van der Waals surface area contributed by atoms with E-state index in [0.29, 0.717) is 6.61 Å². The lowest BCUT2D eigenvalue weighted by Gasteiger charge is -2.07. The summed E-state index contributed by atoms with van der Waals surface area (Å²) in [6.45, 7) is 3.26. The van der Waals surface area contributed by atoms with E-state index < -0.39 is 12.1 Å². The molecule has 0 amide bonds. The van der Waals surface area contributed by atoms with Crippen molar-refractivity contribution < 1.29 is 32.6 Å². The number of alkyl halides is 3. The zero-order valence-corrected chi connectivity index (χ0v) is 9.21. The fourth-order valence-electron chi connectivity index (χ4n) is 1.13. The number of rotatable bonds is 2. The van der Waals surface area contributed by atoms with Gasteiger partial charge in [0.15, 0.2) is 0 Å². The third-order valence-electron chi connectivity index (χ3n) is 1.87. The molecule has 0 aromatic carbocycles. The fourth-order valence-corrected chi connectivity index (χ4v) is 1.13. The SMILES string of the molecule is CCOC(=O)[C@@H]1CCCN1.O=C(O)C(F)(F)F. The minimum Gasteiger partial charge on any atom is -0.475 e. The molecule has 2 N–H and O–H groups in total. The molecule has 8 heteroatoms. The second kappa shape index (κ2) is 7.10. The van der Waals surface area contributed by atoms with Crippen LogP contribution in [0.5, 0.6) is 0 Å². The van der Waals surface area contributed by atoms with Crippen molar-refractivity contribution in [1.29, 1.82) is 0 Å². The second-order valence-electron chi connectivity index (χ2n) is 3.20. The quantitative estimate of drug-likeness (QED) is 0.720. The molecule has 0 saturated carbocycles. The molecule has 0 aliphatic carbocycles. The number of halogens is 3. The lowest BCUT2D eigenvalue weighted by molar-refractivity contribution is -0.192. The largest absolute Gasteiger partial charge is 0.490 e. The monoisotopic (exact) mass is 257 g/mol. The average Bonchev–Trinajstić information content (AvgIpc) is 2.70. The third-order valence-corrected chi connectivity index (χ3v) is 1.87. The summed E-state index contributed by atoms with van der Waals surface area (Å²) in [5.41, 5.74) is 0. The first-order chi connectivity index (χ1) is 7.79. The number of hydrogen-bond donors (Lipinski definition) is 2. The normalized spacial score (nSPS) is 19.2. The van der Waals surface area contributed by atoms with Crippen LogP contribution in [0.25, 0.3) is 0 Å². The standard InChI is InChI=1S/C7H13NO2.C2HF3O2/c1-2-10-7(9)6-4-3-5-8-6;3-2(4,5)1(6)7/h6,8H,2-5H2,1H3;(H,6,7)/t6-;/m0./s1. The predicted octanol–water partition coefficient (Wildman–Crippen LogP) is 0.935. The van der Waals surface area contributed by atoms with Gasteiger partial charge in [-0.05, 0) is 26.3 Å². The number of carbonyl (C=O) groups is 2. The van der Waals surface area contributed by atoms with Gasteiger partial charge in [-0.1, -0.05) is 0 Å². The minimum atomic E-state index is -5.08. The molecule has 100 valence electrons. The van der Waals surface area contributed by atoms with Gasteiger partial charge in [0.05, 0.1) is 6.61 Å². The van der Waals surface area contributed by atoms with Crippen LogP contribution in [0.3, 0.4) is 0 Å². The molecule has 17 heavy (non-hydrogen) atoms. The summed E-state index contributed by atoms with van der Waals surface area (Å²) in [6, 6.07) is -0.0278. The highest BCUT2D eigenvalue weighted by molar-refractivity contribution is 5.76. The van der Waals surface area contributed by atoms with Gasteiger partial charge in [0.1, 0.15) is 6.04 Å². The summed E-state index contributed by atoms with van der Waals surface area (Å²) in [4.78, 5) is 19.9. The Bertz CT molecular complexity index is 261. The number of esters is 1. The number of hydrogen-bond acceptors (Lipinski definition) is 4. The van der Waals surface area contributed by atoms with E-state index >= 15 is 0 Å². The molecule has 1 rings (SSSR count). The highest BCUT2D eigenvalue weighted by atomic mass is 19.4. The summed E-state index contributed by atoms with van der Waals surface area (Å²) < 4.78 is 36.6. The highest BCUT2D eigenvalue weighted by Gasteiger charge is 2.38. The highest BCUT2D eigenvalue weighted by Crippen LogP contribution is 2.13. The molecule has 0 aromatic rings. The Balaban J connectivity index is 0.000000325. The molecule has 1 atom stereocenters. The number of aliphatic carboxylic acids is 1. The van der Waals surface area contributed by atoms with E-state index in [1.807, 2.05) is 6.92 Å². The van der Waals surface area contributed by atoms with Crippen molar-refractivity contribution in [3.63, 3.8) is 0 Å². The summed E-state index contributed by atoms with van der Waals surface area (Å²) >= 11 is 0. The van der Waals surface area contributed by atoms with E-state index in [-0.39, 0.29) is 12.0 Å². The average molecular weight is 257 g/mol. The first kappa shape index (κ1) is 15.7. The van der Waals surface area contributed by atoms with E-state index in [2.05, 4.69) is 5.32 Å². The van der Waals surface area contributed by atoms with Crippen LogP contribution in [0.4, 0.5) is 13.2 Å². The molecule has 1 aliphatic rings. The summed E-state index contributed by atoms with van der Waals surface area (Å²) in [7, 11) is 0. The van der Waals surface area contributed by atoms with Crippen LogP contribution in [0.15, 0.2) is 0 Å². The van der Waals surface area contributed by atoms with Crippen molar-refractivity contribution in [3.8, 4) is 0 Å². The molecule has 1 heterocycles. The maximum Gasteiger partial charge on any atom is 0.490 e. The Kier molecular flexibility index (Phi) is 6.55. The molecule has 5 nitrogen and oxygen atoms in total. The van der Waals surface area contributed by atoms with Gasteiger partial charge in [-0.3, -0.25) is 4.79 Å². The molecule has 0 radical (unpaired) electrons. The van der Waals surface area contributed by atoms with Crippen LogP contribution in [-0.4, -0.2) is 42.4 Å². The summed E-state index contributed by atoms with van der Waals surface area (Å²) in [5.74, 6) is -2.85. The Morgan fingerprint density at radius 1 is 1.47 bits per heavy atom. The van der Waals surface area contributed by atoms with Gasteiger partial charge in [0.2, 0.25) is 0 Å². The Morgan fingerprint density at radius 2 is 2.00 bits per heavy atom. The van der Waals surface area contributed by atoms with Gasteiger partial charge in [-0.25, -0.2) is 4.79 Å². The molecule has 1 aliphatic heterocycles. The molecule has 0 aromatic heterocycles. The van der Waals surface area contributed by atoms with E-state index in [9.17, 15) is 18.0 Å². The lowest BCUT2D eigenvalue weighted by Crippen LogP contribution is -2.32. The van der Waals surface area contributed by atoms with Crippen molar-refractivity contribution in [1.82, 2.24) is 5.32 Å². The van der Waals surface area contributed by atoms with Crippen LogP contribution in [0, 0.1) is 0 Å². The van der Waals surface area contributed by atoms with Gasteiger partial charge in [0, 0.05) is 0 Å². The number of carboxylic acid groups (broad SMARTS) is 1. The third kappa shape index (κ3) is 6.77. The summed E-state index contributed by atoms with van der Waals surface area (Å²) in [6.07, 6.45) is -3.07. The van der Waals surface area contributed by atoms with Crippen LogP contribution >= 0.6 is 0 Å². The maximum atomic E-state index is 11.0. The molecular weight excluding hydrogens is 243 g/mol. The van der Waals surface area contributed by atoms with Crippen LogP contribution < -0.4 is 5.32 Å². The van der Waals surface area contributed by atoms with Crippen molar-refractivity contribution in [2.45, 2.75) is 32.0 Å².